The molecule has 0 unspecified atom stereocenters. The Morgan fingerprint density at radius 3 is 2.25 bits per heavy atom. The fourth-order valence-electron chi connectivity index (χ4n) is 1.83. The van der Waals surface area contributed by atoms with Crippen molar-refractivity contribution in [3.05, 3.63) is 52.0 Å². The third kappa shape index (κ3) is 4.06. The second-order valence-electron chi connectivity index (χ2n) is 4.59. The highest BCUT2D eigenvalue weighted by Gasteiger charge is 2.33. The van der Waals surface area contributed by atoms with E-state index >= 15 is 0 Å². The van der Waals surface area contributed by atoms with Gasteiger partial charge in [0.1, 0.15) is 5.75 Å². The summed E-state index contributed by atoms with van der Waals surface area (Å²) in [4.78, 5) is -0.225. The summed E-state index contributed by atoms with van der Waals surface area (Å²) in [7, 11) is -2.78. The number of ether oxygens (including phenoxy) is 1. The van der Waals surface area contributed by atoms with Gasteiger partial charge in [0.05, 0.1) is 27.6 Å². The maximum Gasteiger partial charge on any atom is 0.417 e. The molecule has 2 rings (SSSR count). The number of rotatable bonds is 4. The predicted octanol–water partition coefficient (Wildman–Crippen LogP) is 4.82. The van der Waals surface area contributed by atoms with Crippen LogP contribution in [0.25, 0.3) is 0 Å². The highest BCUT2D eigenvalue weighted by molar-refractivity contribution is 7.92. The van der Waals surface area contributed by atoms with E-state index in [9.17, 15) is 21.6 Å². The van der Waals surface area contributed by atoms with Crippen LogP contribution >= 0.6 is 23.2 Å². The van der Waals surface area contributed by atoms with Gasteiger partial charge in [0.2, 0.25) is 0 Å². The van der Waals surface area contributed by atoms with Crippen molar-refractivity contribution >= 4 is 38.9 Å². The molecular formula is C14H10Cl2F3NO3S. The standard InChI is InChI=1S/C14H10Cl2F3NO3S/c1-23-13-5-3-9(7-12(13)16)24(21,22)20-8-2-4-11(15)10(6-8)14(17,18)19/h2-7,20H,1H3. The lowest BCUT2D eigenvalue weighted by molar-refractivity contribution is -0.137. The van der Waals surface area contributed by atoms with Gasteiger partial charge in [-0.15, -0.1) is 0 Å². The molecule has 0 bridgehead atoms. The number of nitrogens with one attached hydrogen (secondary N) is 1. The van der Waals surface area contributed by atoms with E-state index in [0.717, 1.165) is 18.2 Å². The van der Waals surface area contributed by atoms with Crippen molar-refractivity contribution in [3.8, 4) is 5.75 Å². The molecule has 0 aromatic heterocycles. The van der Waals surface area contributed by atoms with Crippen LogP contribution in [0.4, 0.5) is 18.9 Å². The van der Waals surface area contributed by atoms with Gasteiger partial charge >= 0.3 is 6.18 Å². The zero-order valence-corrected chi connectivity index (χ0v) is 14.3. The highest BCUT2D eigenvalue weighted by atomic mass is 35.5. The van der Waals surface area contributed by atoms with Crippen LogP contribution in [0.2, 0.25) is 10.0 Å². The van der Waals surface area contributed by atoms with Crippen molar-refractivity contribution in [2.45, 2.75) is 11.1 Å². The number of hydrogen-bond acceptors (Lipinski definition) is 3. The molecule has 2 aromatic rings. The van der Waals surface area contributed by atoms with Crippen LogP contribution in [0.3, 0.4) is 0 Å². The van der Waals surface area contributed by atoms with E-state index < -0.39 is 26.8 Å². The van der Waals surface area contributed by atoms with Gasteiger partial charge < -0.3 is 4.74 Å². The molecule has 4 nitrogen and oxygen atoms in total. The summed E-state index contributed by atoms with van der Waals surface area (Å²) in [5, 5.41) is -0.481. The first-order valence-corrected chi connectivity index (χ1v) is 8.51. The van der Waals surface area contributed by atoms with Crippen LogP contribution < -0.4 is 9.46 Å². The van der Waals surface area contributed by atoms with Gasteiger partial charge in [-0.3, -0.25) is 4.72 Å². The molecule has 0 heterocycles. The summed E-state index contributed by atoms with van der Waals surface area (Å²) in [5.41, 5.74) is -1.42. The summed E-state index contributed by atoms with van der Waals surface area (Å²) in [6.45, 7) is 0. The zero-order valence-electron chi connectivity index (χ0n) is 12.0. The molecule has 0 amide bonds. The number of alkyl halides is 3. The Bertz CT molecular complexity index is 870. The Hall–Kier alpha value is -1.64. The minimum atomic E-state index is -4.71. The molecule has 0 atom stereocenters. The summed E-state index contributed by atoms with van der Waals surface area (Å²) in [6.07, 6.45) is -4.71. The molecule has 0 saturated carbocycles. The fraction of sp³-hybridized carbons (Fsp3) is 0.143. The smallest absolute Gasteiger partial charge is 0.417 e. The fourth-order valence-corrected chi connectivity index (χ4v) is 3.46. The Kier molecular flexibility index (Phi) is 5.22. The summed E-state index contributed by atoms with van der Waals surface area (Å²) < 4.78 is 70.0. The van der Waals surface area contributed by atoms with Crippen LogP contribution in [0, 0.1) is 0 Å². The number of halogens is 5. The minimum absolute atomic E-state index is 0.0486. The Balaban J connectivity index is 2.38. The van der Waals surface area contributed by atoms with Gasteiger partial charge in [-0.1, -0.05) is 23.2 Å². The monoisotopic (exact) mass is 399 g/mol. The lowest BCUT2D eigenvalue weighted by Crippen LogP contribution is -2.14. The van der Waals surface area contributed by atoms with E-state index in [0.29, 0.717) is 6.07 Å². The molecule has 2 aromatic carbocycles. The molecule has 1 N–H and O–H groups in total. The molecule has 0 saturated heterocycles. The Labute approximate surface area is 146 Å². The lowest BCUT2D eigenvalue weighted by Gasteiger charge is -2.13. The first-order valence-electron chi connectivity index (χ1n) is 6.27. The maximum atomic E-state index is 12.8. The van der Waals surface area contributed by atoms with Crippen LogP contribution in [-0.4, -0.2) is 15.5 Å². The zero-order chi connectivity index (χ0) is 18.1. The summed E-state index contributed by atoms with van der Waals surface area (Å²) in [5.74, 6) is 0.265. The molecule has 0 fully saturated rings. The van der Waals surface area contributed by atoms with Crippen molar-refractivity contribution in [3.63, 3.8) is 0 Å². The second-order valence-corrected chi connectivity index (χ2v) is 7.09. The number of sulfonamides is 1. The summed E-state index contributed by atoms with van der Waals surface area (Å²) in [6, 6.07) is 6.38. The van der Waals surface area contributed by atoms with Crippen molar-refractivity contribution in [2.75, 3.05) is 11.8 Å². The Morgan fingerprint density at radius 2 is 1.71 bits per heavy atom. The van der Waals surface area contributed by atoms with Gasteiger partial charge in [0.25, 0.3) is 10.0 Å². The highest BCUT2D eigenvalue weighted by Crippen LogP contribution is 2.36. The quantitative estimate of drug-likeness (QED) is 0.801. The van der Waals surface area contributed by atoms with Crippen molar-refractivity contribution in [2.24, 2.45) is 0 Å². The van der Waals surface area contributed by atoms with E-state index in [4.69, 9.17) is 27.9 Å². The minimum Gasteiger partial charge on any atom is -0.495 e. The third-order valence-corrected chi connectivity index (χ3v) is 4.96. The molecule has 0 aliphatic carbocycles. The number of benzene rings is 2. The SMILES string of the molecule is COc1ccc(S(=O)(=O)Nc2ccc(Cl)c(C(F)(F)F)c2)cc1Cl. The number of hydrogen-bond donors (Lipinski definition) is 1. The first-order chi connectivity index (χ1) is 11.0. The van der Waals surface area contributed by atoms with Crippen molar-refractivity contribution in [1.29, 1.82) is 0 Å². The molecule has 0 radical (unpaired) electrons. The third-order valence-electron chi connectivity index (χ3n) is 2.96. The second kappa shape index (κ2) is 6.70. The molecule has 130 valence electrons. The molecule has 24 heavy (non-hydrogen) atoms. The van der Waals surface area contributed by atoms with Crippen LogP contribution in [0.1, 0.15) is 5.56 Å². The normalized spacial score (nSPS) is 12.1. The molecule has 0 aliphatic heterocycles. The molecule has 0 aliphatic rings. The average molecular weight is 400 g/mol. The van der Waals surface area contributed by atoms with Gasteiger partial charge in [-0.2, -0.15) is 13.2 Å². The van der Waals surface area contributed by atoms with Gasteiger partial charge in [-0.25, -0.2) is 8.42 Å². The van der Waals surface area contributed by atoms with Gasteiger partial charge in [0, 0.05) is 5.69 Å². The topological polar surface area (TPSA) is 55.4 Å². The summed E-state index contributed by atoms with van der Waals surface area (Å²) >= 11 is 11.4. The van der Waals surface area contributed by atoms with Crippen molar-refractivity contribution in [1.82, 2.24) is 0 Å². The lowest BCUT2D eigenvalue weighted by atomic mass is 10.2. The van der Waals surface area contributed by atoms with E-state index in [-0.39, 0.29) is 21.4 Å². The van der Waals surface area contributed by atoms with E-state index in [1.807, 2.05) is 0 Å². The molecule has 0 spiro atoms. The average Bonchev–Trinajstić information content (AvgIpc) is 2.47. The van der Waals surface area contributed by atoms with Crippen molar-refractivity contribution < 1.29 is 26.3 Å². The molecule has 10 heteroatoms. The first kappa shape index (κ1) is 18.7. The predicted molar refractivity (Wildman–Crippen MR) is 85.3 cm³/mol. The van der Waals surface area contributed by atoms with Gasteiger partial charge in [0.15, 0.2) is 0 Å². The maximum absolute atomic E-state index is 12.8. The largest absolute Gasteiger partial charge is 0.495 e. The van der Waals surface area contributed by atoms with E-state index in [1.54, 1.807) is 0 Å². The van der Waals surface area contributed by atoms with E-state index in [2.05, 4.69) is 4.72 Å². The molecular weight excluding hydrogens is 390 g/mol. The van der Waals surface area contributed by atoms with Crippen LogP contribution in [-0.2, 0) is 16.2 Å². The number of anilines is 1. The van der Waals surface area contributed by atoms with Crippen LogP contribution in [0.5, 0.6) is 5.75 Å². The van der Waals surface area contributed by atoms with Crippen LogP contribution in [0.15, 0.2) is 41.3 Å². The van der Waals surface area contributed by atoms with Gasteiger partial charge in [-0.05, 0) is 36.4 Å². The van der Waals surface area contributed by atoms with E-state index in [1.165, 1.54) is 19.2 Å². The number of methoxy groups -OCH3 is 1. The Morgan fingerprint density at radius 1 is 1.04 bits per heavy atom.